The average Bonchev–Trinajstić information content (AvgIpc) is 3.24. The maximum Gasteiger partial charge on any atom is 1.00 e. The molecule has 5 rings (SSSR count). The first-order valence-electron chi connectivity index (χ1n) is 14.0. The molecule has 0 bridgehead atoms. The third-order valence-electron chi connectivity index (χ3n) is 7.41. The van der Waals surface area contributed by atoms with Gasteiger partial charge in [0.05, 0.1) is 0 Å². The van der Waals surface area contributed by atoms with Crippen molar-refractivity contribution in [2.45, 2.75) is 38.8 Å². The van der Waals surface area contributed by atoms with Crippen LogP contribution in [0.4, 0.5) is 28.2 Å². The molecule has 12 heteroatoms. The maximum absolute atomic E-state index is 13.7. The zero-order chi connectivity index (χ0) is 30.1. The summed E-state index contributed by atoms with van der Waals surface area (Å²) in [5.41, 5.74) is 3.44. The van der Waals surface area contributed by atoms with Gasteiger partial charge in [-0.25, -0.2) is 9.59 Å². The van der Waals surface area contributed by atoms with Gasteiger partial charge in [0, 0.05) is 44.3 Å². The Morgan fingerprint density at radius 2 is 1.49 bits per heavy atom. The van der Waals surface area contributed by atoms with Gasteiger partial charge in [-0.05, 0) is 54.7 Å². The van der Waals surface area contributed by atoms with Crippen LogP contribution in [0, 0.1) is 0 Å². The van der Waals surface area contributed by atoms with Crippen molar-refractivity contribution < 1.29 is 83.4 Å². The molecule has 0 aromatic heterocycles. The number of amides is 2. The molecule has 3 aromatic carbocycles. The number of benzene rings is 3. The fourth-order valence-corrected chi connectivity index (χ4v) is 5.52. The molecule has 222 valence electrons. The minimum Gasteiger partial charge on any atom is -0.448 e. The first-order chi connectivity index (χ1) is 19.9. The van der Waals surface area contributed by atoms with Gasteiger partial charge in [-0.15, -0.1) is 5.46 Å². The number of halogens is 3. The number of anilines is 1. The number of fused-ring (bicyclic) bond motifs is 3. The van der Waals surface area contributed by atoms with Crippen molar-refractivity contribution >= 4 is 30.3 Å². The van der Waals surface area contributed by atoms with Crippen LogP contribution in [-0.4, -0.2) is 67.4 Å². The molecular formula is C31H34BF3KN3O4. The van der Waals surface area contributed by atoms with Crippen LogP contribution in [0.25, 0.3) is 11.1 Å². The van der Waals surface area contributed by atoms with E-state index in [1.165, 1.54) is 6.07 Å². The molecular weight excluding hydrogens is 585 g/mol. The van der Waals surface area contributed by atoms with Gasteiger partial charge in [-0.2, -0.15) is 0 Å². The maximum atomic E-state index is 13.7. The van der Waals surface area contributed by atoms with E-state index in [0.717, 1.165) is 34.4 Å². The van der Waals surface area contributed by atoms with E-state index in [4.69, 9.17) is 9.47 Å². The molecule has 3 aromatic rings. The Morgan fingerprint density at radius 1 is 0.907 bits per heavy atom. The molecule has 1 aliphatic carbocycles. The Balaban J connectivity index is 0.00000423. The normalized spacial score (nSPS) is 15.3. The van der Waals surface area contributed by atoms with Crippen molar-refractivity contribution in [1.29, 1.82) is 0 Å². The standard InChI is InChI=1S/C31H34BF3N3O4.K/c1-31(2,3)42-29(39)36-23-17-21(16-22(18-23)32(33,34)35)19-37-12-14-38(15-13-37)30(40)41-20-28-26-10-6-4-8-24(26)25-9-5-7-11-27(25)28;/h4-11,16-18,28H,12-15,19-20H2,1-3H3,(H,36,39);/q-1;+1. The minimum absolute atomic E-state index is 0. The van der Waals surface area contributed by atoms with Crippen LogP contribution in [-0.2, 0) is 16.0 Å². The first kappa shape index (κ1) is 33.5. The smallest absolute Gasteiger partial charge is 0.448 e. The number of rotatable bonds is 6. The topological polar surface area (TPSA) is 71.1 Å². The Labute approximate surface area is 292 Å². The van der Waals surface area contributed by atoms with Crippen molar-refractivity contribution in [3.63, 3.8) is 0 Å². The Morgan fingerprint density at radius 3 is 2.05 bits per heavy atom. The predicted molar refractivity (Wildman–Crippen MR) is 157 cm³/mol. The summed E-state index contributed by atoms with van der Waals surface area (Å²) >= 11 is 0. The number of piperazine rings is 1. The van der Waals surface area contributed by atoms with E-state index in [1.807, 2.05) is 29.2 Å². The van der Waals surface area contributed by atoms with Gasteiger partial charge >= 0.3 is 70.5 Å². The van der Waals surface area contributed by atoms with Crippen LogP contribution < -0.4 is 62.2 Å². The molecule has 7 nitrogen and oxygen atoms in total. The second kappa shape index (κ2) is 13.7. The number of nitrogens with one attached hydrogen (secondary N) is 1. The van der Waals surface area contributed by atoms with Crippen molar-refractivity contribution in [3.05, 3.63) is 83.4 Å². The van der Waals surface area contributed by atoms with Crippen LogP contribution in [0.2, 0.25) is 0 Å². The summed E-state index contributed by atoms with van der Waals surface area (Å²) in [4.78, 5) is 28.7. The Kier molecular flexibility index (Phi) is 10.7. The van der Waals surface area contributed by atoms with E-state index in [1.54, 1.807) is 25.7 Å². The molecule has 1 heterocycles. The van der Waals surface area contributed by atoms with Crippen LogP contribution in [0.5, 0.6) is 0 Å². The Bertz CT molecular complexity index is 1430. The van der Waals surface area contributed by atoms with Crippen LogP contribution >= 0.6 is 0 Å². The number of carbonyl (C=O) groups is 2. The molecule has 0 spiro atoms. The molecule has 1 saturated heterocycles. The molecule has 2 aliphatic rings. The average molecular weight is 620 g/mol. The molecule has 2 amide bonds. The second-order valence-corrected chi connectivity index (χ2v) is 11.7. The molecule has 1 aliphatic heterocycles. The minimum atomic E-state index is -5.28. The van der Waals surface area contributed by atoms with E-state index in [9.17, 15) is 22.5 Å². The van der Waals surface area contributed by atoms with Crippen molar-refractivity contribution in [2.24, 2.45) is 0 Å². The fraction of sp³-hybridized carbons (Fsp3) is 0.355. The summed E-state index contributed by atoms with van der Waals surface area (Å²) in [6.07, 6.45) is -1.22. The predicted octanol–water partition coefficient (Wildman–Crippen LogP) is 3.16. The Hall–Kier alpha value is -2.35. The van der Waals surface area contributed by atoms with Gasteiger partial charge in [0.2, 0.25) is 0 Å². The van der Waals surface area contributed by atoms with Gasteiger partial charge in [0.1, 0.15) is 12.2 Å². The van der Waals surface area contributed by atoms with Crippen molar-refractivity contribution in [3.8, 4) is 11.1 Å². The zero-order valence-corrected chi connectivity index (χ0v) is 28.0. The number of ether oxygens (including phenoxy) is 2. The number of carbonyl (C=O) groups excluding carboxylic acids is 2. The number of nitrogens with zero attached hydrogens (tertiary/aromatic N) is 2. The molecule has 43 heavy (non-hydrogen) atoms. The molecule has 0 unspecified atom stereocenters. The summed E-state index contributed by atoms with van der Waals surface area (Å²) in [7, 11) is 0. The third kappa shape index (κ3) is 8.43. The van der Waals surface area contributed by atoms with Crippen molar-refractivity contribution in [1.82, 2.24) is 9.80 Å². The van der Waals surface area contributed by atoms with Crippen LogP contribution in [0.1, 0.15) is 43.4 Å². The van der Waals surface area contributed by atoms with Gasteiger partial charge < -0.3 is 27.3 Å². The van der Waals surface area contributed by atoms with Gasteiger partial charge in [0.15, 0.2) is 0 Å². The zero-order valence-electron chi connectivity index (χ0n) is 24.9. The summed E-state index contributed by atoms with van der Waals surface area (Å²) < 4.78 is 52.0. The SMILES string of the molecule is CC(C)(C)OC(=O)Nc1cc(CN2CCN(C(=O)OCC3c4ccccc4-c4ccccc43)CC2)cc([B-](F)(F)F)c1.[K+]. The molecule has 0 saturated carbocycles. The van der Waals surface area contributed by atoms with E-state index in [2.05, 4.69) is 29.6 Å². The van der Waals surface area contributed by atoms with Crippen molar-refractivity contribution in [2.75, 3.05) is 38.1 Å². The number of hydrogen-bond acceptors (Lipinski definition) is 5. The largest absolute Gasteiger partial charge is 1.00 e. The molecule has 0 radical (unpaired) electrons. The summed E-state index contributed by atoms with van der Waals surface area (Å²) in [6.45, 7) is 1.94. The monoisotopic (exact) mass is 619 g/mol. The summed E-state index contributed by atoms with van der Waals surface area (Å²) in [5, 5.41) is 2.42. The van der Waals surface area contributed by atoms with E-state index in [-0.39, 0.29) is 76.1 Å². The van der Waals surface area contributed by atoms with Gasteiger partial charge in [0.25, 0.3) is 0 Å². The molecule has 0 atom stereocenters. The second-order valence-electron chi connectivity index (χ2n) is 11.7. The molecule has 1 N–H and O–H groups in total. The van der Waals surface area contributed by atoms with Crippen LogP contribution in [0.3, 0.4) is 0 Å². The van der Waals surface area contributed by atoms with E-state index < -0.39 is 30.2 Å². The summed E-state index contributed by atoms with van der Waals surface area (Å²) in [5.74, 6) is -0.0337. The van der Waals surface area contributed by atoms with E-state index >= 15 is 0 Å². The number of hydrogen-bond donors (Lipinski definition) is 1. The summed E-state index contributed by atoms with van der Waals surface area (Å²) in [6, 6.07) is 19.8. The van der Waals surface area contributed by atoms with Crippen LogP contribution in [0.15, 0.2) is 66.7 Å². The fourth-order valence-electron chi connectivity index (χ4n) is 5.52. The molecule has 1 fully saturated rings. The third-order valence-corrected chi connectivity index (χ3v) is 7.41. The quantitative estimate of drug-likeness (QED) is 0.430. The van der Waals surface area contributed by atoms with Gasteiger partial charge in [-0.3, -0.25) is 10.2 Å². The van der Waals surface area contributed by atoms with E-state index in [0.29, 0.717) is 31.7 Å². The first-order valence-corrected chi connectivity index (χ1v) is 14.0. The van der Waals surface area contributed by atoms with Gasteiger partial charge in [-0.1, -0.05) is 60.7 Å².